The van der Waals surface area contributed by atoms with Gasteiger partial charge in [0.25, 0.3) is 0 Å². The molecular weight excluding hydrogens is 348 g/mol. The molecule has 146 valence electrons. The molecule has 0 bridgehead atoms. The van der Waals surface area contributed by atoms with Crippen molar-refractivity contribution in [1.82, 2.24) is 10.3 Å². The average Bonchev–Trinajstić information content (AvgIpc) is 2.61. The van der Waals surface area contributed by atoms with Crippen molar-refractivity contribution in [2.45, 2.75) is 57.7 Å². The number of carbonyl (C=O) groups is 1. The maximum atomic E-state index is 11.4. The monoisotopic (exact) mass is 372 g/mol. The van der Waals surface area contributed by atoms with Crippen LogP contribution in [-0.4, -0.2) is 73.7 Å². The quantitative estimate of drug-likeness (QED) is 0.333. The first kappa shape index (κ1) is 20.5. The number of nitrogens with one attached hydrogen (secondary N) is 1. The van der Waals surface area contributed by atoms with Crippen molar-refractivity contribution in [1.29, 1.82) is 0 Å². The Balaban J connectivity index is 2.22. The van der Waals surface area contributed by atoms with Crippen LogP contribution in [0.4, 0.5) is 0 Å². The minimum absolute atomic E-state index is 0.150. The van der Waals surface area contributed by atoms with E-state index in [9.17, 15) is 30.3 Å². The predicted molar refractivity (Wildman–Crippen MR) is 86.7 cm³/mol. The third-order valence-electron chi connectivity index (χ3n) is 4.24. The molecule has 5 atom stereocenters. The standard InChI is InChI=1S/C16H24N2O8/c1-7-13(22)10(9(4-19)3-17-7)6-25-16-12(18-8(2)21)15(24)14(23)11(5-20)26-16/h3,11-12,14-16,19-20,22-24H,4-6H2,1-2H3,(H,18,21)/t11-,12-,14-,15-,16-/m1/s1. The van der Waals surface area contributed by atoms with E-state index in [1.165, 1.54) is 13.1 Å². The molecular formula is C16H24N2O8. The Bertz CT molecular complexity index is 641. The van der Waals surface area contributed by atoms with Gasteiger partial charge in [-0.15, -0.1) is 0 Å². The number of hydrogen-bond acceptors (Lipinski definition) is 9. The Labute approximate surface area is 150 Å². The van der Waals surface area contributed by atoms with Crippen LogP contribution in [0, 0.1) is 6.92 Å². The molecule has 2 heterocycles. The van der Waals surface area contributed by atoms with E-state index in [4.69, 9.17) is 9.47 Å². The lowest BCUT2D eigenvalue weighted by molar-refractivity contribution is -0.273. The van der Waals surface area contributed by atoms with Gasteiger partial charge >= 0.3 is 0 Å². The number of pyridine rings is 1. The van der Waals surface area contributed by atoms with Gasteiger partial charge in [-0.25, -0.2) is 0 Å². The van der Waals surface area contributed by atoms with Crippen LogP contribution in [0.3, 0.4) is 0 Å². The molecule has 2 rings (SSSR count). The SMILES string of the molecule is CC(=O)N[C@H]1[C@H](OCc2c(CO)cnc(C)c2O)O[C@H](CO)[C@@H](O)[C@@H]1O. The second-order valence-corrected chi connectivity index (χ2v) is 6.10. The summed E-state index contributed by atoms with van der Waals surface area (Å²) >= 11 is 0. The number of carbonyl (C=O) groups excluding carboxylic acids is 1. The third kappa shape index (κ3) is 4.29. The van der Waals surface area contributed by atoms with Crippen LogP contribution < -0.4 is 5.32 Å². The largest absolute Gasteiger partial charge is 0.506 e. The van der Waals surface area contributed by atoms with Crippen molar-refractivity contribution < 1.29 is 39.8 Å². The molecule has 0 radical (unpaired) electrons. The van der Waals surface area contributed by atoms with E-state index >= 15 is 0 Å². The van der Waals surface area contributed by atoms with E-state index in [0.29, 0.717) is 11.3 Å². The zero-order valence-electron chi connectivity index (χ0n) is 14.5. The summed E-state index contributed by atoms with van der Waals surface area (Å²) in [7, 11) is 0. The second kappa shape index (κ2) is 8.71. The van der Waals surface area contributed by atoms with Crippen molar-refractivity contribution in [3.63, 3.8) is 0 Å². The smallest absolute Gasteiger partial charge is 0.217 e. The average molecular weight is 372 g/mol. The van der Waals surface area contributed by atoms with Crippen LogP contribution in [0.5, 0.6) is 5.75 Å². The van der Waals surface area contributed by atoms with E-state index < -0.39 is 43.2 Å². The highest BCUT2D eigenvalue weighted by molar-refractivity contribution is 5.73. The topological polar surface area (TPSA) is 162 Å². The molecule has 0 aromatic carbocycles. The summed E-state index contributed by atoms with van der Waals surface area (Å²) in [5, 5.41) is 51.5. The highest BCUT2D eigenvalue weighted by Crippen LogP contribution is 2.28. The Morgan fingerprint density at radius 2 is 2.04 bits per heavy atom. The van der Waals surface area contributed by atoms with Crippen molar-refractivity contribution in [2.24, 2.45) is 0 Å². The molecule has 10 nitrogen and oxygen atoms in total. The van der Waals surface area contributed by atoms with E-state index in [1.54, 1.807) is 6.92 Å². The van der Waals surface area contributed by atoms with Gasteiger partial charge in [-0.05, 0) is 6.92 Å². The van der Waals surface area contributed by atoms with Gasteiger partial charge < -0.3 is 40.3 Å². The number of ether oxygens (including phenoxy) is 2. The number of nitrogens with zero attached hydrogens (tertiary/aromatic N) is 1. The minimum Gasteiger partial charge on any atom is -0.506 e. The van der Waals surface area contributed by atoms with Crippen LogP contribution in [0.15, 0.2) is 6.20 Å². The first-order chi connectivity index (χ1) is 12.3. The maximum absolute atomic E-state index is 11.4. The van der Waals surface area contributed by atoms with E-state index in [-0.39, 0.29) is 24.5 Å². The lowest BCUT2D eigenvalue weighted by Crippen LogP contribution is -2.64. The molecule has 1 aromatic heterocycles. The van der Waals surface area contributed by atoms with E-state index in [0.717, 1.165) is 0 Å². The van der Waals surface area contributed by atoms with Crippen LogP contribution in [0.25, 0.3) is 0 Å². The summed E-state index contributed by atoms with van der Waals surface area (Å²) in [4.78, 5) is 15.3. The second-order valence-electron chi connectivity index (χ2n) is 6.10. The molecule has 6 N–H and O–H groups in total. The predicted octanol–water partition coefficient (Wildman–Crippen LogP) is -1.95. The lowest BCUT2D eigenvalue weighted by atomic mass is 9.97. The van der Waals surface area contributed by atoms with Gasteiger partial charge in [-0.2, -0.15) is 0 Å². The summed E-state index contributed by atoms with van der Waals surface area (Å²) in [5.74, 6) is -0.623. The van der Waals surface area contributed by atoms with Gasteiger partial charge in [0.2, 0.25) is 5.91 Å². The van der Waals surface area contributed by atoms with Gasteiger partial charge in [0.1, 0.15) is 30.1 Å². The summed E-state index contributed by atoms with van der Waals surface area (Å²) in [6.07, 6.45) is -3.75. The fraction of sp³-hybridized carbons (Fsp3) is 0.625. The number of aliphatic hydroxyl groups excluding tert-OH is 4. The Kier molecular flexibility index (Phi) is 6.87. The van der Waals surface area contributed by atoms with Gasteiger partial charge in [0.05, 0.1) is 25.5 Å². The molecule has 1 aromatic rings. The number of aromatic hydroxyl groups is 1. The molecule has 1 aliphatic rings. The fourth-order valence-corrected chi connectivity index (χ4v) is 2.76. The van der Waals surface area contributed by atoms with Crippen LogP contribution in [-0.2, 0) is 27.5 Å². The molecule has 1 saturated heterocycles. The van der Waals surface area contributed by atoms with Gasteiger partial charge in [-0.1, -0.05) is 0 Å². The molecule has 26 heavy (non-hydrogen) atoms. The number of amides is 1. The molecule has 0 aliphatic carbocycles. The van der Waals surface area contributed by atoms with Crippen LogP contribution >= 0.6 is 0 Å². The highest BCUT2D eigenvalue weighted by Gasteiger charge is 2.45. The fourth-order valence-electron chi connectivity index (χ4n) is 2.76. The number of aryl methyl sites for hydroxylation is 1. The van der Waals surface area contributed by atoms with Crippen molar-refractivity contribution in [2.75, 3.05) is 6.61 Å². The molecule has 1 amide bonds. The van der Waals surface area contributed by atoms with Crippen LogP contribution in [0.2, 0.25) is 0 Å². The van der Waals surface area contributed by atoms with E-state index in [1.807, 2.05) is 0 Å². The molecule has 0 saturated carbocycles. The van der Waals surface area contributed by atoms with Gasteiger partial charge in [-0.3, -0.25) is 9.78 Å². The van der Waals surface area contributed by atoms with Gasteiger partial charge in [0.15, 0.2) is 6.29 Å². The molecule has 10 heteroatoms. The molecule has 0 unspecified atom stereocenters. The number of rotatable bonds is 6. The van der Waals surface area contributed by atoms with Crippen molar-refractivity contribution >= 4 is 5.91 Å². The molecule has 1 fully saturated rings. The lowest BCUT2D eigenvalue weighted by Gasteiger charge is -2.42. The summed E-state index contributed by atoms with van der Waals surface area (Å²) in [6, 6.07) is -1.09. The van der Waals surface area contributed by atoms with Crippen LogP contribution in [0.1, 0.15) is 23.7 Å². The summed E-state index contributed by atoms with van der Waals surface area (Å²) in [6.45, 7) is 1.66. The number of aliphatic hydroxyl groups is 4. The molecule has 0 spiro atoms. The highest BCUT2D eigenvalue weighted by atomic mass is 16.7. The first-order valence-electron chi connectivity index (χ1n) is 8.08. The Hall–Kier alpha value is -1.82. The third-order valence-corrected chi connectivity index (χ3v) is 4.24. The molecule has 1 aliphatic heterocycles. The minimum atomic E-state index is -1.43. The number of hydrogen-bond donors (Lipinski definition) is 6. The van der Waals surface area contributed by atoms with Crippen molar-refractivity contribution in [3.05, 3.63) is 23.0 Å². The zero-order chi connectivity index (χ0) is 19.4. The summed E-state index contributed by atoms with van der Waals surface area (Å²) < 4.78 is 11.0. The number of aromatic nitrogens is 1. The van der Waals surface area contributed by atoms with E-state index in [2.05, 4.69) is 10.3 Å². The normalized spacial score (nSPS) is 28.8. The van der Waals surface area contributed by atoms with Crippen molar-refractivity contribution in [3.8, 4) is 5.75 Å². The van der Waals surface area contributed by atoms with Gasteiger partial charge in [0, 0.05) is 24.2 Å². The maximum Gasteiger partial charge on any atom is 0.217 e. The summed E-state index contributed by atoms with van der Waals surface area (Å²) in [5.41, 5.74) is 0.970. The Morgan fingerprint density at radius 1 is 1.35 bits per heavy atom. The zero-order valence-corrected chi connectivity index (χ0v) is 14.5. The first-order valence-corrected chi connectivity index (χ1v) is 8.08. The Morgan fingerprint density at radius 3 is 2.62 bits per heavy atom.